The van der Waals surface area contributed by atoms with Crippen LogP contribution in [0.15, 0.2) is 30.7 Å². The lowest BCUT2D eigenvalue weighted by Gasteiger charge is -2.29. The topological polar surface area (TPSA) is 84.1 Å². The molecule has 0 aliphatic carbocycles. The van der Waals surface area contributed by atoms with E-state index in [0.29, 0.717) is 30.4 Å². The number of alkyl halides is 1. The number of methoxy groups -OCH3 is 1. The Balaban J connectivity index is 1.75. The zero-order valence-electron chi connectivity index (χ0n) is 16.6. The first-order chi connectivity index (χ1) is 14.0. The van der Waals surface area contributed by atoms with Crippen molar-refractivity contribution < 1.29 is 14.3 Å². The van der Waals surface area contributed by atoms with E-state index in [1.54, 1.807) is 20.4 Å². The van der Waals surface area contributed by atoms with Gasteiger partial charge in [-0.3, -0.25) is 0 Å². The largest absolute Gasteiger partial charge is 0.495 e. The highest BCUT2D eigenvalue weighted by Gasteiger charge is 2.46. The highest BCUT2D eigenvalue weighted by atomic mass is 35.5. The molecule has 1 atom stereocenters. The van der Waals surface area contributed by atoms with Crippen LogP contribution in [0.5, 0.6) is 5.75 Å². The Labute approximate surface area is 173 Å². The lowest BCUT2D eigenvalue weighted by atomic mass is 9.97. The summed E-state index contributed by atoms with van der Waals surface area (Å²) in [7, 11) is 1.62. The molecule has 2 aromatic heterocycles. The average molecular weight is 416 g/mol. The number of ether oxygens (including phenoxy) is 2. The average Bonchev–Trinajstić information content (AvgIpc) is 3.35. The maximum atomic E-state index is 12.5. The normalized spacial score (nSPS) is 18.3. The molecule has 0 saturated heterocycles. The summed E-state index contributed by atoms with van der Waals surface area (Å²) in [6.45, 7) is 4.63. The van der Waals surface area contributed by atoms with Crippen molar-refractivity contribution in [2.45, 2.75) is 38.1 Å². The number of carbonyl (C=O) groups is 1. The Bertz CT molecular complexity index is 1060. The molecule has 29 heavy (non-hydrogen) atoms. The molecule has 0 N–H and O–H groups in total. The molecule has 9 heteroatoms. The van der Waals surface area contributed by atoms with Crippen LogP contribution in [0.3, 0.4) is 0 Å². The molecule has 0 radical (unpaired) electrons. The van der Waals surface area contributed by atoms with Crippen LogP contribution in [-0.2, 0) is 21.0 Å². The van der Waals surface area contributed by atoms with Gasteiger partial charge in [0, 0.05) is 18.3 Å². The van der Waals surface area contributed by atoms with Crippen LogP contribution in [0, 0.1) is 6.92 Å². The predicted molar refractivity (Wildman–Crippen MR) is 107 cm³/mol. The second-order valence-corrected chi connectivity index (χ2v) is 7.58. The van der Waals surface area contributed by atoms with E-state index in [1.807, 2.05) is 40.5 Å². The van der Waals surface area contributed by atoms with Crippen LogP contribution >= 0.6 is 11.6 Å². The maximum absolute atomic E-state index is 12.5. The number of benzene rings is 1. The Morgan fingerprint density at radius 2 is 2.17 bits per heavy atom. The number of hydrogen-bond donors (Lipinski definition) is 0. The number of halogens is 1. The molecule has 1 unspecified atom stereocenters. The second kappa shape index (κ2) is 7.51. The summed E-state index contributed by atoms with van der Waals surface area (Å²) in [6.07, 6.45) is 4.86. The zero-order chi connectivity index (χ0) is 20.6. The number of carbonyl (C=O) groups excluding carboxylic acids is 1. The van der Waals surface area contributed by atoms with Crippen LogP contribution in [0.1, 0.15) is 31.3 Å². The van der Waals surface area contributed by atoms with Gasteiger partial charge in [0.2, 0.25) is 4.87 Å². The second-order valence-electron chi connectivity index (χ2n) is 6.93. The van der Waals surface area contributed by atoms with Gasteiger partial charge < -0.3 is 18.6 Å². The fourth-order valence-corrected chi connectivity index (χ4v) is 3.96. The first kappa shape index (κ1) is 19.4. The van der Waals surface area contributed by atoms with Gasteiger partial charge in [-0.2, -0.15) is 0 Å². The number of aryl methyl sites for hydroxylation is 1. The summed E-state index contributed by atoms with van der Waals surface area (Å²) in [5.74, 6) is 1.26. The van der Waals surface area contributed by atoms with Crippen LogP contribution < -0.4 is 4.74 Å². The molecular weight excluding hydrogens is 394 g/mol. The van der Waals surface area contributed by atoms with E-state index in [0.717, 1.165) is 23.4 Å². The van der Waals surface area contributed by atoms with E-state index in [2.05, 4.69) is 15.2 Å². The molecule has 1 aromatic carbocycles. The summed E-state index contributed by atoms with van der Waals surface area (Å²) in [6, 6.07) is 5.79. The highest BCUT2D eigenvalue weighted by Crippen LogP contribution is 2.40. The van der Waals surface area contributed by atoms with Gasteiger partial charge in [0.05, 0.1) is 31.4 Å². The van der Waals surface area contributed by atoms with E-state index >= 15 is 0 Å². The van der Waals surface area contributed by atoms with Gasteiger partial charge >= 0.3 is 5.97 Å². The van der Waals surface area contributed by atoms with E-state index in [-0.39, 0.29) is 6.61 Å². The van der Waals surface area contributed by atoms with Crippen molar-refractivity contribution in [2.24, 2.45) is 0 Å². The number of nitrogens with zero attached hydrogens (tertiary/aromatic N) is 5. The zero-order valence-corrected chi connectivity index (χ0v) is 17.3. The molecule has 0 bridgehead atoms. The first-order valence-corrected chi connectivity index (χ1v) is 9.85. The third-order valence-corrected chi connectivity index (χ3v) is 5.55. The van der Waals surface area contributed by atoms with Crippen molar-refractivity contribution in [3.8, 4) is 22.8 Å². The van der Waals surface area contributed by atoms with Crippen molar-refractivity contribution in [2.75, 3.05) is 13.7 Å². The van der Waals surface area contributed by atoms with Crippen LogP contribution in [-0.4, -0.2) is 44.0 Å². The fourth-order valence-electron chi connectivity index (χ4n) is 3.64. The molecular formula is C20H22ClN5O3. The minimum absolute atomic E-state index is 0.265. The molecule has 8 nitrogen and oxygen atoms in total. The van der Waals surface area contributed by atoms with Crippen LogP contribution in [0.25, 0.3) is 17.1 Å². The fraction of sp³-hybridized carbons (Fsp3) is 0.400. The van der Waals surface area contributed by atoms with E-state index < -0.39 is 10.8 Å². The van der Waals surface area contributed by atoms with E-state index in [1.165, 1.54) is 0 Å². The summed E-state index contributed by atoms with van der Waals surface area (Å²) in [5, 5.41) is 8.59. The van der Waals surface area contributed by atoms with Crippen LogP contribution in [0.2, 0.25) is 0 Å². The van der Waals surface area contributed by atoms with Crippen molar-refractivity contribution in [3.05, 3.63) is 42.2 Å². The molecule has 1 aliphatic heterocycles. The predicted octanol–water partition coefficient (Wildman–Crippen LogP) is 3.24. The molecule has 0 fully saturated rings. The lowest BCUT2D eigenvalue weighted by molar-refractivity contribution is -0.147. The lowest BCUT2D eigenvalue weighted by Crippen LogP contribution is -2.38. The summed E-state index contributed by atoms with van der Waals surface area (Å²) in [5.41, 5.74) is 2.61. The van der Waals surface area contributed by atoms with Crippen molar-refractivity contribution in [1.82, 2.24) is 24.3 Å². The number of fused-ring (bicyclic) bond motifs is 1. The molecule has 152 valence electrons. The molecule has 0 spiro atoms. The highest BCUT2D eigenvalue weighted by molar-refractivity contribution is 6.33. The Kier molecular flexibility index (Phi) is 5.04. The minimum Gasteiger partial charge on any atom is -0.495 e. The Hall–Kier alpha value is -2.87. The SMILES string of the molecule is CCOC(=O)C1(Cl)CCCn2c(-c3ccc(-n4cnc(C)c4)c(OC)c3)nnc21. The number of rotatable bonds is 5. The van der Waals surface area contributed by atoms with Gasteiger partial charge in [0.1, 0.15) is 5.75 Å². The number of aromatic nitrogens is 5. The smallest absolute Gasteiger partial charge is 0.335 e. The number of hydrogen-bond acceptors (Lipinski definition) is 6. The van der Waals surface area contributed by atoms with Crippen LogP contribution in [0.4, 0.5) is 0 Å². The molecule has 4 rings (SSSR count). The van der Waals surface area contributed by atoms with Gasteiger partial charge in [-0.1, -0.05) is 11.6 Å². The Morgan fingerprint density at radius 3 is 2.86 bits per heavy atom. The van der Waals surface area contributed by atoms with Gasteiger partial charge in [-0.25, -0.2) is 9.78 Å². The molecule has 0 saturated carbocycles. The van der Waals surface area contributed by atoms with Gasteiger partial charge in [-0.05, 0) is 44.9 Å². The minimum atomic E-state index is -1.31. The van der Waals surface area contributed by atoms with E-state index in [9.17, 15) is 4.79 Å². The van der Waals surface area contributed by atoms with Gasteiger partial charge in [0.25, 0.3) is 0 Å². The van der Waals surface area contributed by atoms with Gasteiger partial charge in [0.15, 0.2) is 11.6 Å². The monoisotopic (exact) mass is 415 g/mol. The third-order valence-electron chi connectivity index (χ3n) is 5.03. The Morgan fingerprint density at radius 1 is 1.34 bits per heavy atom. The summed E-state index contributed by atoms with van der Waals surface area (Å²) < 4.78 is 14.6. The first-order valence-electron chi connectivity index (χ1n) is 9.47. The van der Waals surface area contributed by atoms with Crippen molar-refractivity contribution >= 4 is 17.6 Å². The number of esters is 1. The number of imidazole rings is 1. The third kappa shape index (κ3) is 3.27. The molecule has 1 aliphatic rings. The van der Waals surface area contributed by atoms with Gasteiger partial charge in [-0.15, -0.1) is 10.2 Å². The quantitative estimate of drug-likeness (QED) is 0.470. The van der Waals surface area contributed by atoms with Crippen molar-refractivity contribution in [1.29, 1.82) is 0 Å². The summed E-state index contributed by atoms with van der Waals surface area (Å²) >= 11 is 6.67. The molecule has 3 heterocycles. The standard InChI is InChI=1S/C20H22ClN5O3/c1-4-29-19(27)20(21)8-5-9-26-17(23-24-18(20)26)14-6-7-15(16(10-14)28-3)25-11-13(2)22-12-25/h6-7,10-12H,4-5,8-9H2,1-3H3. The van der Waals surface area contributed by atoms with Crippen molar-refractivity contribution in [3.63, 3.8) is 0 Å². The summed E-state index contributed by atoms with van der Waals surface area (Å²) in [4.78, 5) is 15.4. The molecule has 0 amide bonds. The maximum Gasteiger partial charge on any atom is 0.335 e. The van der Waals surface area contributed by atoms with E-state index in [4.69, 9.17) is 21.1 Å². The molecule has 3 aromatic rings.